The molecule has 828 valence electrons. The van der Waals surface area contributed by atoms with E-state index in [4.69, 9.17) is 9.47 Å². The highest BCUT2D eigenvalue weighted by Crippen LogP contribution is 2.42. The minimum atomic E-state index is -3.06. The molecule has 8 heterocycles. The number of amides is 5. The molecule has 1 aromatic rings. The van der Waals surface area contributed by atoms with E-state index in [1.54, 1.807) is 56.5 Å². The number of likely N-dealkylation sites (tertiary alicyclic amines) is 3. The van der Waals surface area contributed by atoms with E-state index in [0.717, 1.165) is 232 Å². The molecule has 8 atom stereocenters. The molecule has 8 saturated heterocycles. The largest absolute Gasteiger partial charge is 0.497 e. The van der Waals surface area contributed by atoms with Crippen LogP contribution in [0.1, 0.15) is 399 Å². The molecule has 25 nitrogen and oxygen atoms in total. The summed E-state index contributed by atoms with van der Waals surface area (Å²) in [4.78, 5) is 44.0. The number of nitrogens with zero attached hydrogens (tertiary/aromatic N) is 9. The lowest BCUT2D eigenvalue weighted by molar-refractivity contribution is -0.137. The van der Waals surface area contributed by atoms with E-state index >= 15 is 0 Å². The van der Waals surface area contributed by atoms with Crippen LogP contribution in [0.4, 0.5) is 9.59 Å². The third-order valence-corrected chi connectivity index (χ3v) is 39.2. The van der Waals surface area contributed by atoms with Gasteiger partial charge in [0, 0.05) is 132 Å². The highest BCUT2D eigenvalue weighted by molar-refractivity contribution is 7.90. The second kappa shape index (κ2) is 58.2. The zero-order valence-corrected chi connectivity index (χ0v) is 100.0. The van der Waals surface area contributed by atoms with E-state index in [9.17, 15) is 56.5 Å². The molecule has 2 aliphatic carbocycles. The Morgan fingerprint density at radius 2 is 0.660 bits per heavy atom. The lowest BCUT2D eigenvalue weighted by atomic mass is 9.81. The third-order valence-electron chi connectivity index (χ3n) is 28.3. The van der Waals surface area contributed by atoms with Crippen molar-refractivity contribution in [2.75, 3.05) is 151 Å². The molecule has 0 aromatic heterocycles. The van der Waals surface area contributed by atoms with Crippen LogP contribution in [-0.2, 0) is 66.2 Å². The van der Waals surface area contributed by atoms with Crippen LogP contribution < -0.4 is 10.1 Å². The number of urea groups is 2. The predicted octanol–water partition coefficient (Wildman–Crippen LogP) is 23.4. The summed E-state index contributed by atoms with van der Waals surface area (Å²) in [5.74, 6) is 6.18. The van der Waals surface area contributed by atoms with Crippen molar-refractivity contribution < 1.29 is 65.9 Å². The number of carbonyl (C=O) groups is 3. The summed E-state index contributed by atoms with van der Waals surface area (Å²) in [6, 6.07) is 8.16. The maximum atomic E-state index is 12.8. The standard InChI is InChI=1S/C20H32N2O2.C14H27NO2S.C13H26N2O.C13H25NO2S.2C13H27NO2S.C13H25NO2.C12H25NO2S/c1-20(2,3)13-17-7-6-12-22(15-17)19(23)21(4)14-16-8-10-18(24-5)11-9-16;1-14(2,3)10-12-6-5-9-15(11-12)18(16,17)13-7-4-8-13;1-5-14-12(16)15-8-6-7-11(10-15)9-13(2,3)4;1-13(2,3)9-11-5-4-8-14(10-11)17(15,16)12-6-7-12;1-11(2)17(15,16)14-8-6-7-12(10-14)9-13(3,4)5;1-5-9-17(15,16)14-8-6-7-12(11-14)10-13(2,3)4;1-13(2,3)8-11-6-5-7-14(9-11)12(15)10-16-4;1-5-16(14,15)13-8-6-7-11(10-13)9-12(2,3)4/h8-11,17H,6-7,12-15H2,1-5H3;12-13H,4-11H2,1-3H3;11H,5-10H2,1-4H3,(H,14,16);11-12H,4-10H2,1-3H3;11-12H,6-10H2,1-5H3;12H,5-11H2,1-4H3;2*11H,5-10H2,1-4H3. The number of rotatable bonds is 25. The van der Waals surface area contributed by atoms with Gasteiger partial charge in [0.2, 0.25) is 56.0 Å². The summed E-state index contributed by atoms with van der Waals surface area (Å²) < 4.78 is 140. The van der Waals surface area contributed by atoms with Crippen molar-refractivity contribution in [1.82, 2.24) is 46.4 Å². The van der Waals surface area contributed by atoms with E-state index in [-0.39, 0.29) is 51.5 Å². The Balaban J connectivity index is 0.000000337. The molecule has 10 aliphatic rings. The van der Waals surface area contributed by atoms with Gasteiger partial charge in [0.05, 0.1) is 34.4 Å². The second-order valence-corrected chi connectivity index (χ2v) is 64.9. The van der Waals surface area contributed by atoms with Crippen LogP contribution in [0.2, 0.25) is 0 Å². The predicted molar refractivity (Wildman–Crippen MR) is 589 cm³/mol. The fourth-order valence-electron chi connectivity index (χ4n) is 22.5. The molecule has 0 radical (unpaired) electrons. The number of ether oxygens (including phenoxy) is 2. The first-order valence-electron chi connectivity index (χ1n) is 55.2. The van der Waals surface area contributed by atoms with Crippen molar-refractivity contribution in [2.45, 2.75) is 416 Å². The van der Waals surface area contributed by atoms with Gasteiger partial charge in [-0.1, -0.05) is 192 Å². The zero-order chi connectivity index (χ0) is 107. The van der Waals surface area contributed by atoms with Gasteiger partial charge < -0.3 is 34.4 Å². The molecule has 8 aliphatic heterocycles. The molecule has 0 bridgehead atoms. The zero-order valence-electron chi connectivity index (χ0n) is 95.9. The molecular formula is C111H214N10O15S5. The minimum absolute atomic E-state index is 0.0455. The summed E-state index contributed by atoms with van der Waals surface area (Å²) in [5.41, 5.74) is 3.65. The van der Waals surface area contributed by atoms with E-state index in [2.05, 4.69) is 171 Å². The van der Waals surface area contributed by atoms with Gasteiger partial charge in [-0.15, -0.1) is 0 Å². The number of nitrogens with one attached hydrogen (secondary N) is 1. The SMILES string of the molecule is CC(C)(C)CC1CCCN(S(=O)(=O)C2CC2)C1.CC(C)(C)CC1CCCN(S(=O)(=O)C2CCC2)C1.CC(C)S(=O)(=O)N1CCCC(CC(C)(C)C)C1.CCCS(=O)(=O)N1CCCC(CC(C)(C)C)C1.CCNC(=O)N1CCCC(CC(C)(C)C)C1.CCS(=O)(=O)N1CCCC(CC(C)(C)C)C1.COCC(=O)N1CCCC(CC(C)(C)C)C1.COc1ccc(CN(C)C(=O)N2CCCC(CC(C)(C)C)C2)cc1. The third kappa shape index (κ3) is 51.7. The number of benzene rings is 1. The number of carbonyl (C=O) groups excluding carboxylic acids is 3. The quantitative estimate of drug-likeness (QED) is 0.0952. The summed E-state index contributed by atoms with van der Waals surface area (Å²) in [5, 5.41) is 2.48. The number of sulfonamides is 5. The minimum Gasteiger partial charge on any atom is -0.497 e. The molecule has 0 spiro atoms. The first-order valence-corrected chi connectivity index (χ1v) is 62.9. The number of methoxy groups -OCH3 is 2. The van der Waals surface area contributed by atoms with Crippen LogP contribution in [-0.4, -0.2) is 268 Å². The maximum Gasteiger partial charge on any atom is 0.320 e. The topological polar surface area (TPSA) is 282 Å². The molecule has 1 aromatic carbocycles. The summed E-state index contributed by atoms with van der Waals surface area (Å²) in [6.45, 7) is 77.5. The maximum absolute atomic E-state index is 12.8. The van der Waals surface area contributed by atoms with Gasteiger partial charge in [-0.25, -0.2) is 73.2 Å². The Kier molecular flexibility index (Phi) is 53.6. The van der Waals surface area contributed by atoms with E-state index in [1.165, 1.54) is 70.6 Å². The van der Waals surface area contributed by atoms with E-state index < -0.39 is 50.1 Å². The molecule has 141 heavy (non-hydrogen) atoms. The van der Waals surface area contributed by atoms with Gasteiger partial charge in [-0.2, -0.15) is 0 Å². The molecule has 10 fully saturated rings. The monoisotopic (exact) mass is 2090 g/mol. The highest BCUT2D eigenvalue weighted by Gasteiger charge is 2.44. The Morgan fingerprint density at radius 3 is 0.965 bits per heavy atom. The first-order chi connectivity index (χ1) is 64.8. The molecular weight excluding hydrogens is 1870 g/mol. The molecule has 8 unspecified atom stereocenters. The summed E-state index contributed by atoms with van der Waals surface area (Å²) in [7, 11) is -9.82. The van der Waals surface area contributed by atoms with Crippen molar-refractivity contribution >= 4 is 68.1 Å². The smallest absolute Gasteiger partial charge is 0.320 e. The number of hydrogen-bond donors (Lipinski definition) is 1. The molecule has 11 rings (SSSR count). The Bertz CT molecular complexity index is 4260. The van der Waals surface area contributed by atoms with Crippen molar-refractivity contribution in [3.8, 4) is 5.75 Å². The summed E-state index contributed by atoms with van der Waals surface area (Å²) in [6.07, 6.45) is 32.7. The fraction of sp³-hybridized carbons (Fsp3) is 0.919. The van der Waals surface area contributed by atoms with Gasteiger partial charge >= 0.3 is 12.1 Å². The van der Waals surface area contributed by atoms with Gasteiger partial charge in [0.25, 0.3) is 0 Å². The average molecular weight is 2090 g/mol. The average Bonchev–Trinajstić information content (AvgIpc) is 1.40. The van der Waals surface area contributed by atoms with Crippen LogP contribution in [0.15, 0.2) is 24.3 Å². The van der Waals surface area contributed by atoms with Crippen molar-refractivity contribution in [1.29, 1.82) is 0 Å². The Hall–Kier alpha value is -3.46. The Labute approximate surface area is 867 Å². The van der Waals surface area contributed by atoms with Crippen LogP contribution in [0.3, 0.4) is 0 Å². The molecule has 2 saturated carbocycles. The number of piperidine rings is 8. The van der Waals surface area contributed by atoms with Gasteiger partial charge in [-0.3, -0.25) is 4.79 Å². The molecule has 1 N–H and O–H groups in total. The lowest BCUT2D eigenvalue weighted by Gasteiger charge is -2.38. The van der Waals surface area contributed by atoms with Crippen LogP contribution in [0.25, 0.3) is 0 Å². The molecule has 5 amide bonds. The number of hydrogen-bond acceptors (Lipinski definition) is 15. The second-order valence-electron chi connectivity index (χ2n) is 53.6. The Morgan fingerprint density at radius 1 is 0.369 bits per heavy atom. The van der Waals surface area contributed by atoms with Crippen molar-refractivity contribution in [2.24, 2.45) is 90.7 Å². The first kappa shape index (κ1) is 130. The van der Waals surface area contributed by atoms with Crippen molar-refractivity contribution in [3.05, 3.63) is 29.8 Å². The lowest BCUT2D eigenvalue weighted by Crippen LogP contribution is -2.47. The van der Waals surface area contributed by atoms with Gasteiger partial charge in [0.1, 0.15) is 12.4 Å². The van der Waals surface area contributed by atoms with Crippen LogP contribution >= 0.6 is 0 Å². The van der Waals surface area contributed by atoms with Crippen LogP contribution in [0, 0.1) is 90.7 Å². The van der Waals surface area contributed by atoms with Crippen molar-refractivity contribution in [3.63, 3.8) is 0 Å². The van der Waals surface area contributed by atoms with Crippen LogP contribution in [0.5, 0.6) is 5.75 Å². The van der Waals surface area contributed by atoms with E-state index in [0.29, 0.717) is 111 Å². The molecule has 30 heteroatoms. The highest BCUT2D eigenvalue weighted by atomic mass is 32.2. The van der Waals surface area contributed by atoms with E-state index in [1.807, 2.05) is 64.8 Å². The summed E-state index contributed by atoms with van der Waals surface area (Å²) >= 11 is 0. The van der Waals surface area contributed by atoms with Gasteiger partial charge in [0.15, 0.2) is 0 Å². The fourth-order valence-corrected chi connectivity index (χ4v) is 30.8. The normalized spacial score (nSPS) is 23.7. The van der Waals surface area contributed by atoms with Gasteiger partial charge in [-0.05, 0) is 322 Å².